The second kappa shape index (κ2) is 26.3. The molecule has 0 fully saturated rings. The third-order valence-corrected chi connectivity index (χ3v) is 8.94. The molecule has 19 nitrogen and oxygen atoms in total. The van der Waals surface area contributed by atoms with Crippen LogP contribution in [0, 0.1) is 0 Å². The number of guanidine groups is 2. The van der Waals surface area contributed by atoms with Crippen LogP contribution in [0.4, 0.5) is 26.3 Å². The van der Waals surface area contributed by atoms with Crippen molar-refractivity contribution in [3.05, 3.63) is 90.0 Å². The minimum atomic E-state index is -5.08. The minimum Gasteiger partial charge on any atom is -0.508 e. The van der Waals surface area contributed by atoms with E-state index in [1.54, 1.807) is 24.3 Å². The van der Waals surface area contributed by atoms with Crippen molar-refractivity contribution in [2.75, 3.05) is 13.1 Å². The highest BCUT2D eigenvalue weighted by molar-refractivity contribution is 5.95. The zero-order valence-corrected chi connectivity index (χ0v) is 34.9. The van der Waals surface area contributed by atoms with Gasteiger partial charge in [0.05, 0.1) is 6.04 Å². The van der Waals surface area contributed by atoms with Gasteiger partial charge in [0.2, 0.25) is 23.6 Å². The number of halogens is 6. The number of carbonyl (C=O) groups excluding carboxylic acids is 4. The fourth-order valence-corrected chi connectivity index (χ4v) is 5.83. The molecule has 25 heteroatoms. The normalized spacial score (nSPS) is 18.6. The molecule has 4 atom stereocenters. The number of rotatable bonds is 12. The first-order chi connectivity index (χ1) is 30.8. The quantitative estimate of drug-likeness (QED) is 0.0405. The topological polar surface area (TPSA) is 340 Å². The van der Waals surface area contributed by atoms with E-state index in [0.717, 1.165) is 16.3 Å². The predicted octanol–water partition coefficient (Wildman–Crippen LogP) is 1.60. The molecule has 0 unspecified atom stereocenters. The number of aliphatic carboxylic acids is 2. The van der Waals surface area contributed by atoms with Crippen LogP contribution in [0.2, 0.25) is 0 Å². The van der Waals surface area contributed by atoms with E-state index in [1.807, 2.05) is 42.5 Å². The molecule has 1 aliphatic heterocycles. The molecule has 1 aliphatic rings. The van der Waals surface area contributed by atoms with Crippen LogP contribution in [-0.2, 0) is 41.6 Å². The number of nitrogens with two attached hydrogens (primary N) is 4. The summed E-state index contributed by atoms with van der Waals surface area (Å²) in [7, 11) is 0. The van der Waals surface area contributed by atoms with Gasteiger partial charge in [-0.25, -0.2) is 9.59 Å². The smallest absolute Gasteiger partial charge is 0.490 e. The first-order valence-electron chi connectivity index (χ1n) is 19.7. The van der Waals surface area contributed by atoms with Gasteiger partial charge in [0.1, 0.15) is 23.9 Å². The SMILES string of the molecule is NC(N)=NCCC[C@@H]1NC(=O)[C@H](CCCN=C(N)N)NC(=O)[C@@H](Cc2ccc(O)cc2)NC(=O)C/C=C/[C@H](Cc2ccc3ccccc3c2)NC1=O.O=C(O)C(F)(F)F.O=C(O)C(F)(F)F. The molecule has 3 aromatic rings. The Kier molecular flexibility index (Phi) is 21.7. The van der Waals surface area contributed by atoms with E-state index in [0.29, 0.717) is 24.8 Å². The van der Waals surface area contributed by atoms with Crippen molar-refractivity contribution in [2.45, 2.75) is 81.5 Å². The van der Waals surface area contributed by atoms with E-state index in [4.69, 9.17) is 42.7 Å². The number of phenolic OH excluding ortho intramolecular Hbond substituents is 1. The molecule has 1 heterocycles. The lowest BCUT2D eigenvalue weighted by atomic mass is 10.0. The van der Waals surface area contributed by atoms with Crippen LogP contribution in [0.15, 0.2) is 88.9 Å². The minimum absolute atomic E-state index is 0.0520. The standard InChI is InChI=1S/C37H48N10O5.2C2HF3O2/c38-36(39)42-18-4-9-29-33(50)44-27(21-24-12-15-25-6-1-2-7-26(25)20-24)8-3-11-32(49)45-31(22-23-13-16-28(48)17-14-23)35(52)47-30(34(51)46-29)10-5-19-43-37(40)41;2*3-2(4,5)1(6)7/h1-3,6-8,12-17,20,27,29-31,48H,4-5,9-11,18-19,21-22H2,(H,44,50)(H,45,49)(H,46,51)(H,47,52)(H4,38,39,42)(H4,40,41,43);2*(H,6,7)/b8-3+;;/t27-,29+,30+,31-;;/m1../s1. The highest BCUT2D eigenvalue weighted by atomic mass is 19.4. The molecular weight excluding hydrogens is 891 g/mol. The predicted molar refractivity (Wildman–Crippen MR) is 228 cm³/mol. The Morgan fingerprint density at radius 1 is 0.621 bits per heavy atom. The summed E-state index contributed by atoms with van der Waals surface area (Å²) < 4.78 is 63.5. The van der Waals surface area contributed by atoms with Crippen LogP contribution in [0.25, 0.3) is 10.8 Å². The van der Waals surface area contributed by atoms with Gasteiger partial charge in [0, 0.05) is 25.9 Å². The molecule has 0 radical (unpaired) electrons. The van der Waals surface area contributed by atoms with E-state index in [9.17, 15) is 50.6 Å². The summed E-state index contributed by atoms with van der Waals surface area (Å²) in [6, 6.07) is 16.5. The van der Waals surface area contributed by atoms with Gasteiger partial charge < -0.3 is 59.5 Å². The summed E-state index contributed by atoms with van der Waals surface area (Å²) in [4.78, 5) is 80.6. The maximum absolute atomic E-state index is 13.9. The summed E-state index contributed by atoms with van der Waals surface area (Å²) in [6.07, 6.45) is -5.35. The molecule has 0 bridgehead atoms. The summed E-state index contributed by atoms with van der Waals surface area (Å²) in [5, 5.41) is 37.6. The van der Waals surface area contributed by atoms with E-state index in [1.165, 1.54) is 12.1 Å². The molecule has 3 aromatic carbocycles. The summed E-state index contributed by atoms with van der Waals surface area (Å²) >= 11 is 0. The maximum atomic E-state index is 13.9. The van der Waals surface area contributed by atoms with Crippen LogP contribution in [0.3, 0.4) is 0 Å². The van der Waals surface area contributed by atoms with Crippen LogP contribution < -0.4 is 44.2 Å². The number of hydrogen-bond acceptors (Lipinski definition) is 9. The molecule has 0 saturated carbocycles. The highest BCUT2D eigenvalue weighted by Gasteiger charge is 2.39. The number of hydrogen-bond donors (Lipinski definition) is 11. The van der Waals surface area contributed by atoms with Crippen LogP contribution >= 0.6 is 0 Å². The molecule has 0 saturated heterocycles. The number of phenols is 1. The first kappa shape index (κ1) is 54.5. The molecule has 66 heavy (non-hydrogen) atoms. The van der Waals surface area contributed by atoms with Crippen molar-refractivity contribution in [1.29, 1.82) is 0 Å². The number of fused-ring (bicyclic) bond motifs is 1. The monoisotopic (exact) mass is 940 g/mol. The molecule has 4 rings (SSSR count). The van der Waals surface area contributed by atoms with Gasteiger partial charge >= 0.3 is 24.3 Å². The third kappa shape index (κ3) is 21.2. The number of aliphatic imine (C=N–C) groups is 2. The van der Waals surface area contributed by atoms with Crippen LogP contribution in [-0.4, -0.2) is 112 Å². The molecule has 4 amide bonds. The van der Waals surface area contributed by atoms with Crippen molar-refractivity contribution < 1.29 is 70.4 Å². The van der Waals surface area contributed by atoms with Gasteiger partial charge in [-0.3, -0.25) is 29.2 Å². The third-order valence-electron chi connectivity index (χ3n) is 8.94. The Hall–Kier alpha value is -7.60. The Bertz CT molecular complexity index is 2190. The van der Waals surface area contributed by atoms with Crippen molar-refractivity contribution in [3.8, 4) is 5.75 Å². The van der Waals surface area contributed by atoms with Gasteiger partial charge in [-0.2, -0.15) is 26.3 Å². The van der Waals surface area contributed by atoms with Crippen molar-refractivity contribution in [2.24, 2.45) is 32.9 Å². The zero-order valence-electron chi connectivity index (χ0n) is 34.9. The number of nitrogens with zero attached hydrogens (tertiary/aromatic N) is 2. The second-order valence-electron chi connectivity index (χ2n) is 14.2. The lowest BCUT2D eigenvalue weighted by molar-refractivity contribution is -0.193. The van der Waals surface area contributed by atoms with E-state index < -0.39 is 72.1 Å². The van der Waals surface area contributed by atoms with Gasteiger partial charge in [0.25, 0.3) is 0 Å². The number of amides is 4. The number of carboxylic acid groups (broad SMARTS) is 2. The maximum Gasteiger partial charge on any atom is 0.490 e. The Balaban J connectivity index is 0.000000923. The lowest BCUT2D eigenvalue weighted by Crippen LogP contribution is -2.57. The Labute approximate surface area is 372 Å². The lowest BCUT2D eigenvalue weighted by Gasteiger charge is -2.26. The Morgan fingerprint density at radius 3 is 1.56 bits per heavy atom. The molecule has 0 spiro atoms. The van der Waals surface area contributed by atoms with Gasteiger partial charge in [-0.05, 0) is 66.1 Å². The number of nitrogens with one attached hydrogen (secondary N) is 4. The fourth-order valence-electron chi connectivity index (χ4n) is 5.83. The van der Waals surface area contributed by atoms with Crippen LogP contribution in [0.5, 0.6) is 5.75 Å². The average molecular weight is 941 g/mol. The van der Waals surface area contributed by atoms with Gasteiger partial charge in [-0.1, -0.05) is 66.7 Å². The number of alkyl halides is 6. The Morgan fingerprint density at radius 2 is 1.08 bits per heavy atom. The number of aromatic hydroxyl groups is 1. The average Bonchev–Trinajstić information content (AvgIpc) is 3.22. The summed E-state index contributed by atoms with van der Waals surface area (Å²) in [5.74, 6) is -7.77. The summed E-state index contributed by atoms with van der Waals surface area (Å²) in [6.45, 7) is 0.425. The second-order valence-corrected chi connectivity index (χ2v) is 14.2. The molecular formula is C41H50F6N10O9. The van der Waals surface area contributed by atoms with E-state index >= 15 is 0 Å². The van der Waals surface area contributed by atoms with Gasteiger partial charge in [-0.15, -0.1) is 0 Å². The van der Waals surface area contributed by atoms with Crippen molar-refractivity contribution >= 4 is 58.3 Å². The first-order valence-corrected chi connectivity index (χ1v) is 19.7. The number of carboxylic acids is 2. The largest absolute Gasteiger partial charge is 0.508 e. The van der Waals surface area contributed by atoms with Crippen LogP contribution in [0.1, 0.15) is 43.2 Å². The zero-order chi connectivity index (χ0) is 49.6. The summed E-state index contributed by atoms with van der Waals surface area (Å²) in [5.41, 5.74) is 23.6. The number of benzene rings is 3. The van der Waals surface area contributed by atoms with E-state index in [2.05, 4.69) is 31.3 Å². The fraction of sp³-hybridized carbons (Fsp3) is 0.366. The molecule has 0 aliphatic carbocycles. The molecule has 0 aromatic heterocycles. The van der Waals surface area contributed by atoms with Gasteiger partial charge in [0.15, 0.2) is 11.9 Å². The molecule has 360 valence electrons. The molecule has 15 N–H and O–H groups in total. The number of carbonyl (C=O) groups is 6. The van der Waals surface area contributed by atoms with Crippen molar-refractivity contribution in [3.63, 3.8) is 0 Å². The van der Waals surface area contributed by atoms with E-state index in [-0.39, 0.29) is 56.4 Å². The highest BCUT2D eigenvalue weighted by Crippen LogP contribution is 2.18. The van der Waals surface area contributed by atoms with Crippen molar-refractivity contribution in [1.82, 2.24) is 21.3 Å².